The van der Waals surface area contributed by atoms with Crippen molar-refractivity contribution in [1.29, 1.82) is 0 Å². The summed E-state index contributed by atoms with van der Waals surface area (Å²) in [5.41, 5.74) is 2.08. The van der Waals surface area contributed by atoms with Gasteiger partial charge in [0.25, 0.3) is 15.9 Å². The van der Waals surface area contributed by atoms with Gasteiger partial charge in [-0.25, -0.2) is 8.42 Å². The van der Waals surface area contributed by atoms with Crippen molar-refractivity contribution in [2.75, 3.05) is 32.2 Å². The van der Waals surface area contributed by atoms with Crippen molar-refractivity contribution < 1.29 is 27.4 Å². The fraction of sp³-hybridized carbons (Fsp3) is 0.318. The molecule has 0 unspecified atom stereocenters. The molecule has 0 fully saturated rings. The number of sulfonamides is 1. The predicted octanol–water partition coefficient (Wildman–Crippen LogP) is 2.93. The molecule has 2 aromatic carbocycles. The van der Waals surface area contributed by atoms with Gasteiger partial charge in [-0.3, -0.25) is 9.10 Å². The molecule has 1 heterocycles. The summed E-state index contributed by atoms with van der Waals surface area (Å²) in [4.78, 5) is 12.7. The summed E-state index contributed by atoms with van der Waals surface area (Å²) < 4.78 is 43.6. The largest absolute Gasteiger partial charge is 0.494 e. The molecule has 0 radical (unpaired) electrons. The topological polar surface area (TPSA) is 94.2 Å². The fourth-order valence-corrected chi connectivity index (χ4v) is 4.99. The standard InChI is InChI=1S/C22H26N2O6S/c1-6-30-18-10-8-7-9-15(18)13-23-22(25)21-14(2)16-11-19(28-4)20(29-5)12-17(16)24(3)31(21,26)27/h7-12H,6,13H2,1-5H3,(H,23,25). The molecule has 9 heteroatoms. The predicted molar refractivity (Wildman–Crippen MR) is 119 cm³/mol. The third-order valence-corrected chi connectivity index (χ3v) is 7.05. The van der Waals surface area contributed by atoms with E-state index in [1.807, 2.05) is 25.1 Å². The highest BCUT2D eigenvalue weighted by Gasteiger charge is 2.38. The molecule has 0 saturated heterocycles. The van der Waals surface area contributed by atoms with E-state index in [-0.39, 0.29) is 11.4 Å². The number of ether oxygens (including phenoxy) is 3. The highest BCUT2D eigenvalue weighted by molar-refractivity contribution is 7.97. The van der Waals surface area contributed by atoms with E-state index in [1.54, 1.807) is 25.1 Å². The summed E-state index contributed by atoms with van der Waals surface area (Å²) >= 11 is 0. The Morgan fingerprint density at radius 3 is 2.35 bits per heavy atom. The number of hydrogen-bond acceptors (Lipinski definition) is 6. The van der Waals surface area contributed by atoms with Gasteiger partial charge in [0.2, 0.25) is 0 Å². The van der Waals surface area contributed by atoms with Crippen LogP contribution in [0.4, 0.5) is 5.69 Å². The second-order valence-electron chi connectivity index (χ2n) is 6.87. The fourth-order valence-electron chi connectivity index (χ4n) is 3.50. The molecular weight excluding hydrogens is 420 g/mol. The molecule has 0 saturated carbocycles. The maximum atomic E-state index is 13.2. The Morgan fingerprint density at radius 2 is 1.71 bits per heavy atom. The number of para-hydroxylation sites is 1. The van der Waals surface area contributed by atoms with Crippen LogP contribution in [0.25, 0.3) is 5.57 Å². The first-order chi connectivity index (χ1) is 14.8. The average Bonchev–Trinajstić information content (AvgIpc) is 2.76. The van der Waals surface area contributed by atoms with E-state index in [2.05, 4.69) is 5.32 Å². The summed E-state index contributed by atoms with van der Waals surface area (Å²) in [6.07, 6.45) is 0. The zero-order valence-corrected chi connectivity index (χ0v) is 19.0. The summed E-state index contributed by atoms with van der Waals surface area (Å²) in [6.45, 7) is 4.09. The molecule has 0 aromatic heterocycles. The number of carbonyl (C=O) groups is 1. The van der Waals surface area contributed by atoms with Gasteiger partial charge in [-0.15, -0.1) is 0 Å². The lowest BCUT2D eigenvalue weighted by molar-refractivity contribution is -0.117. The van der Waals surface area contributed by atoms with Crippen LogP contribution in [-0.2, 0) is 21.4 Å². The molecule has 8 nitrogen and oxygen atoms in total. The van der Waals surface area contributed by atoms with E-state index in [9.17, 15) is 13.2 Å². The molecule has 1 aliphatic rings. The van der Waals surface area contributed by atoms with Gasteiger partial charge in [-0.2, -0.15) is 0 Å². The van der Waals surface area contributed by atoms with Crippen molar-refractivity contribution in [1.82, 2.24) is 5.32 Å². The number of rotatable bonds is 7. The maximum Gasteiger partial charge on any atom is 0.269 e. The van der Waals surface area contributed by atoms with Gasteiger partial charge in [0, 0.05) is 30.8 Å². The van der Waals surface area contributed by atoms with E-state index in [1.165, 1.54) is 21.3 Å². The smallest absolute Gasteiger partial charge is 0.269 e. The van der Waals surface area contributed by atoms with Crippen LogP contribution < -0.4 is 23.8 Å². The van der Waals surface area contributed by atoms with E-state index in [0.717, 1.165) is 9.87 Å². The number of carbonyl (C=O) groups excluding carboxylic acids is 1. The van der Waals surface area contributed by atoms with Gasteiger partial charge >= 0.3 is 0 Å². The van der Waals surface area contributed by atoms with Crippen molar-refractivity contribution >= 4 is 27.2 Å². The van der Waals surface area contributed by atoms with Crippen LogP contribution in [0.5, 0.6) is 17.2 Å². The Hall–Kier alpha value is -3.20. The Bertz CT molecular complexity index is 1140. The Morgan fingerprint density at radius 1 is 1.06 bits per heavy atom. The quantitative estimate of drug-likeness (QED) is 0.703. The minimum atomic E-state index is -4.06. The average molecular weight is 447 g/mol. The van der Waals surface area contributed by atoms with Crippen LogP contribution in [-0.4, -0.2) is 42.2 Å². The minimum Gasteiger partial charge on any atom is -0.494 e. The van der Waals surface area contributed by atoms with Crippen molar-refractivity contribution in [3.8, 4) is 17.2 Å². The summed E-state index contributed by atoms with van der Waals surface area (Å²) in [7, 11) is 0.318. The van der Waals surface area contributed by atoms with E-state index < -0.39 is 15.9 Å². The maximum absolute atomic E-state index is 13.2. The summed E-state index contributed by atoms with van der Waals surface area (Å²) in [6, 6.07) is 10.5. The van der Waals surface area contributed by atoms with Crippen molar-refractivity contribution in [3.63, 3.8) is 0 Å². The lowest BCUT2D eigenvalue weighted by atomic mass is 10.0. The van der Waals surface area contributed by atoms with Gasteiger partial charge in [-0.1, -0.05) is 18.2 Å². The van der Waals surface area contributed by atoms with Crippen molar-refractivity contribution in [2.45, 2.75) is 20.4 Å². The molecule has 0 aliphatic carbocycles. The highest BCUT2D eigenvalue weighted by Crippen LogP contribution is 2.44. The van der Waals surface area contributed by atoms with Crippen LogP contribution in [0.3, 0.4) is 0 Å². The first-order valence-corrected chi connectivity index (χ1v) is 11.1. The number of nitrogens with one attached hydrogen (secondary N) is 1. The second kappa shape index (κ2) is 8.89. The molecular formula is C22H26N2O6S. The Labute approximate surface area is 182 Å². The second-order valence-corrected chi connectivity index (χ2v) is 8.78. The third-order valence-electron chi connectivity index (χ3n) is 5.12. The number of methoxy groups -OCH3 is 2. The van der Waals surface area contributed by atoms with Crippen LogP contribution in [0.15, 0.2) is 41.3 Å². The van der Waals surface area contributed by atoms with Crippen LogP contribution in [0.2, 0.25) is 0 Å². The van der Waals surface area contributed by atoms with E-state index in [0.29, 0.717) is 40.7 Å². The number of anilines is 1. The first-order valence-electron chi connectivity index (χ1n) is 9.71. The number of allylic oxidation sites excluding steroid dienone is 1. The SMILES string of the molecule is CCOc1ccccc1CNC(=O)C1=C(C)c2cc(OC)c(OC)cc2N(C)S1(=O)=O. The number of nitrogens with zero attached hydrogens (tertiary/aromatic N) is 1. The van der Waals surface area contributed by atoms with Crippen LogP contribution in [0, 0.1) is 0 Å². The van der Waals surface area contributed by atoms with Gasteiger partial charge in [0.1, 0.15) is 5.75 Å². The molecule has 1 amide bonds. The molecule has 1 aliphatic heterocycles. The number of fused-ring (bicyclic) bond motifs is 1. The number of benzene rings is 2. The summed E-state index contributed by atoms with van der Waals surface area (Å²) in [5.74, 6) is 0.799. The zero-order valence-electron chi connectivity index (χ0n) is 18.2. The molecule has 2 aromatic rings. The van der Waals surface area contributed by atoms with Gasteiger partial charge in [0.15, 0.2) is 16.4 Å². The number of hydrogen-bond donors (Lipinski definition) is 1. The monoisotopic (exact) mass is 446 g/mol. The molecule has 3 rings (SSSR count). The summed E-state index contributed by atoms with van der Waals surface area (Å²) in [5, 5.41) is 2.72. The molecule has 1 N–H and O–H groups in total. The van der Waals surface area contributed by atoms with Gasteiger partial charge in [0.05, 0.1) is 26.5 Å². The van der Waals surface area contributed by atoms with Gasteiger partial charge in [-0.05, 0) is 31.6 Å². The lowest BCUT2D eigenvalue weighted by Gasteiger charge is -2.30. The molecule has 0 bridgehead atoms. The van der Waals surface area contributed by atoms with Crippen molar-refractivity contribution in [2.24, 2.45) is 0 Å². The van der Waals surface area contributed by atoms with E-state index in [4.69, 9.17) is 14.2 Å². The Kier molecular flexibility index (Phi) is 6.45. The van der Waals surface area contributed by atoms with Gasteiger partial charge < -0.3 is 19.5 Å². The molecule has 0 spiro atoms. The van der Waals surface area contributed by atoms with Crippen LogP contribution >= 0.6 is 0 Å². The molecule has 0 atom stereocenters. The zero-order chi connectivity index (χ0) is 22.8. The highest BCUT2D eigenvalue weighted by atomic mass is 32.2. The number of amides is 1. The molecule has 166 valence electrons. The van der Waals surface area contributed by atoms with Crippen LogP contribution in [0.1, 0.15) is 25.0 Å². The first kappa shape index (κ1) is 22.5. The Balaban J connectivity index is 2.01. The van der Waals surface area contributed by atoms with Crippen molar-refractivity contribution in [3.05, 3.63) is 52.4 Å². The molecule has 31 heavy (non-hydrogen) atoms. The minimum absolute atomic E-state index is 0.129. The lowest BCUT2D eigenvalue weighted by Crippen LogP contribution is -2.39. The third kappa shape index (κ3) is 4.05. The van der Waals surface area contributed by atoms with E-state index >= 15 is 0 Å². The normalized spacial score (nSPS) is 14.7.